The van der Waals surface area contributed by atoms with Gasteiger partial charge in [0.25, 0.3) is 0 Å². The number of ketones is 1. The van der Waals surface area contributed by atoms with E-state index in [0.29, 0.717) is 28.7 Å². The van der Waals surface area contributed by atoms with E-state index in [0.717, 1.165) is 28.8 Å². The van der Waals surface area contributed by atoms with Crippen molar-refractivity contribution in [2.24, 2.45) is 7.05 Å². The average molecular weight is 412 g/mol. The van der Waals surface area contributed by atoms with Gasteiger partial charge in [-0.2, -0.15) is 5.10 Å². The third kappa shape index (κ3) is 3.29. The van der Waals surface area contributed by atoms with Crippen molar-refractivity contribution in [2.75, 3.05) is 6.61 Å². The molecule has 0 amide bonds. The Kier molecular flexibility index (Phi) is 4.87. The van der Waals surface area contributed by atoms with Crippen molar-refractivity contribution >= 4 is 23.1 Å². The predicted octanol–water partition coefficient (Wildman–Crippen LogP) is 4.12. The molecule has 150 valence electrons. The number of carbonyl (C=O) groups is 2. The van der Waals surface area contributed by atoms with Crippen LogP contribution in [0.2, 0.25) is 0 Å². The Balaban J connectivity index is 1.82. The number of rotatable bonds is 5. The molecule has 0 radical (unpaired) electrons. The normalized spacial score (nSPS) is 12.2. The Hall–Kier alpha value is -3.13. The van der Waals surface area contributed by atoms with E-state index in [1.807, 2.05) is 13.2 Å². The Morgan fingerprint density at radius 3 is 2.79 bits per heavy atom. The van der Waals surface area contributed by atoms with Crippen molar-refractivity contribution in [3.8, 4) is 27.8 Å². The number of nitrogens with zero attached hydrogens (tertiary/aromatic N) is 2. The molecule has 0 atom stereocenters. The standard InChI is InChI=1S/C21H20N2O5S/c1-4-27-20(26)19-15-7-5-12-10-22-23(3)18(12)17(15)21(29-19)28-13-6-8-14(11(2)24)16(25)9-13/h6,8-10,25H,4-5,7H2,1-3H3. The van der Waals surface area contributed by atoms with Crippen LogP contribution in [-0.4, -0.2) is 33.2 Å². The lowest BCUT2D eigenvalue weighted by atomic mass is 9.91. The first-order chi connectivity index (χ1) is 13.9. The maximum absolute atomic E-state index is 12.5. The molecule has 1 aliphatic rings. The topological polar surface area (TPSA) is 90.7 Å². The first-order valence-electron chi connectivity index (χ1n) is 9.26. The molecular formula is C21H20N2O5S. The fourth-order valence-corrected chi connectivity index (χ4v) is 4.70. The third-order valence-electron chi connectivity index (χ3n) is 4.89. The molecule has 3 aromatic rings. The molecule has 0 unspecified atom stereocenters. The number of hydrogen-bond donors (Lipinski definition) is 1. The number of phenolic OH excluding ortho intramolecular Hbond substituents is 1. The van der Waals surface area contributed by atoms with E-state index in [2.05, 4.69) is 5.10 Å². The minimum atomic E-state index is -0.371. The lowest BCUT2D eigenvalue weighted by molar-refractivity contribution is 0.0530. The van der Waals surface area contributed by atoms with E-state index in [4.69, 9.17) is 9.47 Å². The lowest BCUT2D eigenvalue weighted by Gasteiger charge is -2.16. The van der Waals surface area contributed by atoms with Crippen LogP contribution in [0, 0.1) is 0 Å². The molecule has 1 aliphatic carbocycles. The first kappa shape index (κ1) is 19.2. The van der Waals surface area contributed by atoms with Gasteiger partial charge in [0, 0.05) is 13.1 Å². The summed E-state index contributed by atoms with van der Waals surface area (Å²) >= 11 is 1.22. The van der Waals surface area contributed by atoms with E-state index in [1.165, 1.54) is 30.4 Å². The van der Waals surface area contributed by atoms with Crippen LogP contribution >= 0.6 is 11.3 Å². The number of ether oxygens (including phenoxy) is 2. The number of carbonyl (C=O) groups excluding carboxylic acids is 2. The molecule has 4 rings (SSSR count). The Morgan fingerprint density at radius 2 is 2.10 bits per heavy atom. The quantitative estimate of drug-likeness (QED) is 0.501. The van der Waals surface area contributed by atoms with Crippen molar-refractivity contribution < 1.29 is 24.2 Å². The smallest absolute Gasteiger partial charge is 0.348 e. The Labute approximate surface area is 171 Å². The number of fused-ring (bicyclic) bond motifs is 3. The zero-order chi connectivity index (χ0) is 20.7. The number of hydrogen-bond acceptors (Lipinski definition) is 7. The molecule has 0 bridgehead atoms. The van der Waals surface area contributed by atoms with Crippen LogP contribution < -0.4 is 4.74 Å². The van der Waals surface area contributed by atoms with Crippen molar-refractivity contribution in [3.63, 3.8) is 0 Å². The van der Waals surface area contributed by atoms with Crippen LogP contribution in [0.15, 0.2) is 24.4 Å². The monoisotopic (exact) mass is 412 g/mol. The Morgan fingerprint density at radius 1 is 1.31 bits per heavy atom. The molecule has 0 saturated carbocycles. The summed E-state index contributed by atoms with van der Waals surface area (Å²) in [4.78, 5) is 24.6. The highest BCUT2D eigenvalue weighted by atomic mass is 32.1. The number of phenols is 1. The van der Waals surface area contributed by atoms with Crippen molar-refractivity contribution in [1.82, 2.24) is 9.78 Å². The molecule has 7 nitrogen and oxygen atoms in total. The highest BCUT2D eigenvalue weighted by Gasteiger charge is 2.32. The van der Waals surface area contributed by atoms with Crippen LogP contribution in [0.5, 0.6) is 16.6 Å². The van der Waals surface area contributed by atoms with Crippen LogP contribution in [0.1, 0.15) is 45.0 Å². The molecule has 1 N–H and O–H groups in total. The fourth-order valence-electron chi connectivity index (χ4n) is 3.58. The second kappa shape index (κ2) is 7.36. The van der Waals surface area contributed by atoms with E-state index >= 15 is 0 Å². The number of benzene rings is 1. The summed E-state index contributed by atoms with van der Waals surface area (Å²) in [5.74, 6) is -0.371. The van der Waals surface area contributed by atoms with Crippen molar-refractivity contribution in [3.05, 3.63) is 46.0 Å². The summed E-state index contributed by atoms with van der Waals surface area (Å²) in [5.41, 5.74) is 3.95. The van der Waals surface area contributed by atoms with Gasteiger partial charge in [-0.25, -0.2) is 4.79 Å². The van der Waals surface area contributed by atoms with Gasteiger partial charge in [-0.05, 0) is 49.9 Å². The number of aromatic nitrogens is 2. The molecule has 0 spiro atoms. The minimum Gasteiger partial charge on any atom is -0.507 e. The highest BCUT2D eigenvalue weighted by Crippen LogP contribution is 2.49. The molecule has 2 heterocycles. The fraction of sp³-hybridized carbons (Fsp3) is 0.286. The minimum absolute atomic E-state index is 0.146. The van der Waals surface area contributed by atoms with Gasteiger partial charge in [-0.15, -0.1) is 0 Å². The van der Waals surface area contributed by atoms with Gasteiger partial charge in [-0.1, -0.05) is 11.3 Å². The van der Waals surface area contributed by atoms with Gasteiger partial charge in [-0.3, -0.25) is 9.48 Å². The lowest BCUT2D eigenvalue weighted by Crippen LogP contribution is -2.10. The first-order valence-corrected chi connectivity index (χ1v) is 10.1. The summed E-state index contributed by atoms with van der Waals surface area (Å²) in [5, 5.41) is 15.0. The SMILES string of the molecule is CCOC(=O)c1sc(Oc2ccc(C(C)=O)c(O)c2)c2c1CCc1cnn(C)c1-2. The Bertz CT molecular complexity index is 1130. The van der Waals surface area contributed by atoms with E-state index in [-0.39, 0.29) is 23.1 Å². The van der Waals surface area contributed by atoms with Gasteiger partial charge >= 0.3 is 5.97 Å². The molecule has 8 heteroatoms. The van der Waals surface area contributed by atoms with E-state index in [9.17, 15) is 14.7 Å². The van der Waals surface area contributed by atoms with E-state index in [1.54, 1.807) is 17.7 Å². The van der Waals surface area contributed by atoms with Crippen LogP contribution in [0.25, 0.3) is 11.3 Å². The molecule has 2 aromatic heterocycles. The summed E-state index contributed by atoms with van der Waals surface area (Å²) in [7, 11) is 1.85. The second-order valence-electron chi connectivity index (χ2n) is 6.77. The number of Topliss-reactive ketones (excluding diaryl/α,β-unsaturated/α-hetero) is 1. The molecule has 0 saturated heterocycles. The van der Waals surface area contributed by atoms with Gasteiger partial charge < -0.3 is 14.6 Å². The largest absolute Gasteiger partial charge is 0.507 e. The van der Waals surface area contributed by atoms with Crippen LogP contribution in [0.3, 0.4) is 0 Å². The van der Waals surface area contributed by atoms with Crippen LogP contribution in [0.4, 0.5) is 0 Å². The zero-order valence-corrected chi connectivity index (χ0v) is 17.1. The zero-order valence-electron chi connectivity index (χ0n) is 16.3. The number of esters is 1. The van der Waals surface area contributed by atoms with Crippen molar-refractivity contribution in [1.29, 1.82) is 0 Å². The van der Waals surface area contributed by atoms with Gasteiger partial charge in [0.15, 0.2) is 10.8 Å². The predicted molar refractivity (Wildman–Crippen MR) is 108 cm³/mol. The number of aromatic hydroxyl groups is 1. The maximum Gasteiger partial charge on any atom is 0.348 e. The third-order valence-corrected chi connectivity index (χ3v) is 5.98. The highest BCUT2D eigenvalue weighted by molar-refractivity contribution is 7.16. The summed E-state index contributed by atoms with van der Waals surface area (Å²) in [6.07, 6.45) is 3.31. The molecule has 29 heavy (non-hydrogen) atoms. The average Bonchev–Trinajstić information content (AvgIpc) is 3.22. The van der Waals surface area contributed by atoms with Crippen LogP contribution in [-0.2, 0) is 24.6 Å². The maximum atomic E-state index is 12.5. The van der Waals surface area contributed by atoms with E-state index < -0.39 is 0 Å². The van der Waals surface area contributed by atoms with Gasteiger partial charge in [0.05, 0.1) is 29.6 Å². The second-order valence-corrected chi connectivity index (χ2v) is 7.76. The molecule has 1 aromatic carbocycles. The van der Waals surface area contributed by atoms with Gasteiger partial charge in [0.2, 0.25) is 0 Å². The van der Waals surface area contributed by atoms with Gasteiger partial charge in [0.1, 0.15) is 16.4 Å². The van der Waals surface area contributed by atoms with Crippen molar-refractivity contribution in [2.45, 2.75) is 26.7 Å². The molecule has 0 fully saturated rings. The number of aryl methyl sites for hydroxylation is 2. The summed E-state index contributed by atoms with van der Waals surface area (Å²) < 4.78 is 13.1. The molecule has 0 aliphatic heterocycles. The summed E-state index contributed by atoms with van der Waals surface area (Å²) in [6, 6.07) is 4.55. The number of thiophene rings is 1. The summed E-state index contributed by atoms with van der Waals surface area (Å²) in [6.45, 7) is 3.45. The molecular weight excluding hydrogens is 392 g/mol.